The maximum Gasteiger partial charge on any atom is 0.254 e. The van der Waals surface area contributed by atoms with E-state index in [1.807, 2.05) is 0 Å². The van der Waals surface area contributed by atoms with E-state index in [9.17, 15) is 17.6 Å². The fourth-order valence-corrected chi connectivity index (χ4v) is 4.66. The Hall–Kier alpha value is -2.89. The third kappa shape index (κ3) is 5.17. The van der Waals surface area contributed by atoms with Gasteiger partial charge in [-0.3, -0.25) is 4.79 Å². The lowest BCUT2D eigenvalue weighted by atomic mass is 10.1. The number of sulfonamides is 1. The second-order valence-corrected chi connectivity index (χ2v) is 8.35. The first-order chi connectivity index (χ1) is 14.3. The number of halogens is 1. The molecule has 0 fully saturated rings. The summed E-state index contributed by atoms with van der Waals surface area (Å²) >= 11 is 0. The Morgan fingerprint density at radius 1 is 1.13 bits per heavy atom. The molecule has 0 aliphatic carbocycles. The van der Waals surface area contributed by atoms with Gasteiger partial charge in [0.15, 0.2) is 0 Å². The minimum Gasteiger partial charge on any atom is -0.495 e. The first kappa shape index (κ1) is 23.4. The summed E-state index contributed by atoms with van der Waals surface area (Å²) in [7, 11) is -2.47. The van der Waals surface area contributed by atoms with Crippen LogP contribution in [0.3, 0.4) is 0 Å². The average molecular weight is 433 g/mol. The van der Waals surface area contributed by atoms with Gasteiger partial charge in [0.25, 0.3) is 5.91 Å². The van der Waals surface area contributed by atoms with Crippen molar-refractivity contribution in [1.29, 1.82) is 0 Å². The lowest BCUT2D eigenvalue weighted by Gasteiger charge is -2.23. The predicted molar refractivity (Wildman–Crippen MR) is 113 cm³/mol. The van der Waals surface area contributed by atoms with E-state index >= 15 is 0 Å². The molecule has 0 aliphatic heterocycles. The van der Waals surface area contributed by atoms with Crippen LogP contribution in [0.2, 0.25) is 0 Å². The van der Waals surface area contributed by atoms with E-state index in [-0.39, 0.29) is 48.2 Å². The van der Waals surface area contributed by atoms with E-state index in [1.54, 1.807) is 26.0 Å². The van der Waals surface area contributed by atoms with Crippen molar-refractivity contribution in [3.8, 4) is 18.1 Å². The van der Waals surface area contributed by atoms with Gasteiger partial charge in [0.1, 0.15) is 16.5 Å². The van der Waals surface area contributed by atoms with E-state index in [0.29, 0.717) is 5.56 Å². The topological polar surface area (TPSA) is 66.9 Å². The average Bonchev–Trinajstić information content (AvgIpc) is 2.74. The van der Waals surface area contributed by atoms with Crippen molar-refractivity contribution in [3.05, 3.63) is 59.4 Å². The molecule has 0 N–H and O–H groups in total. The van der Waals surface area contributed by atoms with Gasteiger partial charge in [-0.25, -0.2) is 12.8 Å². The molecule has 0 heterocycles. The number of amides is 1. The molecule has 0 radical (unpaired) electrons. The molecule has 0 saturated carbocycles. The van der Waals surface area contributed by atoms with Crippen LogP contribution in [0, 0.1) is 18.2 Å². The van der Waals surface area contributed by atoms with Gasteiger partial charge in [0.05, 0.1) is 13.7 Å². The van der Waals surface area contributed by atoms with Gasteiger partial charge >= 0.3 is 0 Å². The van der Waals surface area contributed by atoms with Gasteiger partial charge in [-0.2, -0.15) is 4.31 Å². The summed E-state index contributed by atoms with van der Waals surface area (Å²) in [5.41, 5.74) is 0.864. The summed E-state index contributed by atoms with van der Waals surface area (Å²) < 4.78 is 45.7. The Bertz CT molecular complexity index is 1030. The molecule has 2 aromatic rings. The van der Waals surface area contributed by atoms with Gasteiger partial charge in [-0.15, -0.1) is 6.42 Å². The molecule has 6 nitrogen and oxygen atoms in total. The molecule has 8 heteroatoms. The van der Waals surface area contributed by atoms with Crippen LogP contribution in [0.5, 0.6) is 5.75 Å². The van der Waals surface area contributed by atoms with Crippen molar-refractivity contribution >= 4 is 15.9 Å². The largest absolute Gasteiger partial charge is 0.495 e. The van der Waals surface area contributed by atoms with Crippen LogP contribution in [-0.4, -0.2) is 50.3 Å². The zero-order valence-corrected chi connectivity index (χ0v) is 18.1. The number of methoxy groups -OCH3 is 1. The molecule has 0 aromatic heterocycles. The Morgan fingerprint density at radius 2 is 1.77 bits per heavy atom. The fraction of sp³-hybridized carbons (Fsp3) is 0.318. The number of hydrogen-bond donors (Lipinski definition) is 0. The van der Waals surface area contributed by atoms with E-state index in [4.69, 9.17) is 11.2 Å². The predicted octanol–water partition coefficient (Wildman–Crippen LogP) is 3.14. The van der Waals surface area contributed by atoms with Crippen LogP contribution < -0.4 is 4.74 Å². The van der Waals surface area contributed by atoms with Crippen LogP contribution in [0.15, 0.2) is 47.4 Å². The Balaban J connectivity index is 2.44. The number of nitrogens with zero attached hydrogens (tertiary/aromatic N) is 2. The van der Waals surface area contributed by atoms with Crippen molar-refractivity contribution in [3.63, 3.8) is 0 Å². The van der Waals surface area contributed by atoms with Crippen molar-refractivity contribution in [2.24, 2.45) is 0 Å². The third-order valence-electron chi connectivity index (χ3n) is 4.59. The highest BCUT2D eigenvalue weighted by atomic mass is 32.2. The molecule has 2 aromatic carbocycles. The molecule has 2 rings (SSSR count). The Morgan fingerprint density at radius 3 is 2.30 bits per heavy atom. The van der Waals surface area contributed by atoms with Crippen molar-refractivity contribution in [2.45, 2.75) is 25.3 Å². The van der Waals surface area contributed by atoms with Crippen molar-refractivity contribution in [1.82, 2.24) is 9.21 Å². The number of hydrogen-bond acceptors (Lipinski definition) is 4. The second kappa shape index (κ2) is 10.2. The van der Waals surface area contributed by atoms with Crippen molar-refractivity contribution in [2.75, 3.05) is 26.7 Å². The molecule has 30 heavy (non-hydrogen) atoms. The Labute approximate surface area is 177 Å². The summed E-state index contributed by atoms with van der Waals surface area (Å²) in [6.07, 6.45) is 5.42. The van der Waals surface area contributed by atoms with Crippen LogP contribution in [0.25, 0.3) is 0 Å². The summed E-state index contributed by atoms with van der Waals surface area (Å²) in [5, 5.41) is 0. The number of ether oxygens (including phenoxy) is 1. The van der Waals surface area contributed by atoms with Crippen LogP contribution in [-0.2, 0) is 16.6 Å². The summed E-state index contributed by atoms with van der Waals surface area (Å²) in [6, 6.07) is 9.99. The second-order valence-electron chi connectivity index (χ2n) is 6.45. The number of benzene rings is 2. The molecule has 0 bridgehead atoms. The zero-order valence-electron chi connectivity index (χ0n) is 17.3. The van der Waals surface area contributed by atoms with Gasteiger partial charge in [-0.1, -0.05) is 31.9 Å². The number of rotatable bonds is 9. The lowest BCUT2D eigenvalue weighted by Crippen LogP contribution is -2.32. The van der Waals surface area contributed by atoms with Gasteiger partial charge in [-0.05, 0) is 35.9 Å². The molecule has 0 unspecified atom stereocenters. The van der Waals surface area contributed by atoms with E-state index in [1.165, 1.54) is 46.6 Å². The Kier molecular flexibility index (Phi) is 7.98. The highest BCUT2D eigenvalue weighted by molar-refractivity contribution is 7.89. The number of carbonyl (C=O) groups excluding carboxylic acids is 1. The molecular formula is C22H25FN2O4S. The zero-order chi connectivity index (χ0) is 22.3. The van der Waals surface area contributed by atoms with Crippen LogP contribution in [0.1, 0.15) is 29.8 Å². The van der Waals surface area contributed by atoms with Crippen LogP contribution in [0.4, 0.5) is 4.39 Å². The molecule has 0 atom stereocenters. The maximum atomic E-state index is 13.2. The van der Waals surface area contributed by atoms with Gasteiger partial charge in [0.2, 0.25) is 10.0 Å². The fourth-order valence-electron chi connectivity index (χ4n) is 3.02. The first-order valence-electron chi connectivity index (χ1n) is 9.43. The van der Waals surface area contributed by atoms with Gasteiger partial charge < -0.3 is 9.64 Å². The molecule has 0 saturated heterocycles. The number of carbonyl (C=O) groups is 1. The monoisotopic (exact) mass is 432 g/mol. The van der Waals surface area contributed by atoms with E-state index < -0.39 is 15.9 Å². The SMILES string of the molecule is C#CCN(Cc1ccc(F)cc1)C(=O)c1ccc(OC)c(S(=O)(=O)N(CC)CC)c1. The lowest BCUT2D eigenvalue weighted by molar-refractivity contribution is 0.0765. The minimum absolute atomic E-state index is 0.0143. The molecule has 0 aliphatic rings. The van der Waals surface area contributed by atoms with Crippen molar-refractivity contribution < 1.29 is 22.3 Å². The molecule has 1 amide bonds. The number of terminal acetylenes is 1. The summed E-state index contributed by atoms with van der Waals surface area (Å²) in [4.78, 5) is 14.4. The van der Waals surface area contributed by atoms with Gasteiger partial charge in [0, 0.05) is 25.2 Å². The molecular weight excluding hydrogens is 407 g/mol. The quantitative estimate of drug-likeness (QED) is 0.571. The highest BCUT2D eigenvalue weighted by Gasteiger charge is 2.27. The smallest absolute Gasteiger partial charge is 0.254 e. The highest BCUT2D eigenvalue weighted by Crippen LogP contribution is 2.28. The molecule has 160 valence electrons. The summed E-state index contributed by atoms with van der Waals surface area (Å²) in [6.45, 7) is 4.22. The normalized spacial score (nSPS) is 11.2. The molecule has 0 spiro atoms. The van der Waals surface area contributed by atoms with E-state index in [0.717, 1.165) is 0 Å². The standard InChI is InChI=1S/C22H25FN2O4S/c1-5-14-24(16-17-8-11-19(23)12-9-17)22(26)18-10-13-20(29-4)21(15-18)30(27,28)25(6-2)7-3/h1,8-13,15H,6-7,14,16H2,2-4H3. The third-order valence-corrected chi connectivity index (χ3v) is 6.66. The summed E-state index contributed by atoms with van der Waals surface area (Å²) in [5.74, 6) is 1.77. The minimum atomic E-state index is -3.85. The van der Waals surface area contributed by atoms with Crippen LogP contribution >= 0.6 is 0 Å². The first-order valence-corrected chi connectivity index (χ1v) is 10.9. The van der Waals surface area contributed by atoms with E-state index in [2.05, 4.69) is 5.92 Å². The maximum absolute atomic E-state index is 13.2.